The third-order valence-electron chi connectivity index (χ3n) is 5.64. The first-order valence-electron chi connectivity index (χ1n) is 10.3. The Hall–Kier alpha value is -1.77. The second-order valence-electron chi connectivity index (χ2n) is 8.05. The van der Waals surface area contributed by atoms with Crippen LogP contribution in [0.15, 0.2) is 23.1 Å². The monoisotopic (exact) mass is 489 g/mol. The summed E-state index contributed by atoms with van der Waals surface area (Å²) < 4.78 is 59.1. The van der Waals surface area contributed by atoms with Gasteiger partial charge in [-0.2, -0.15) is 17.0 Å². The highest BCUT2D eigenvalue weighted by atomic mass is 32.2. The second kappa shape index (κ2) is 9.61. The summed E-state index contributed by atoms with van der Waals surface area (Å²) in [4.78, 5) is 17.1. The zero-order chi connectivity index (χ0) is 23.7. The van der Waals surface area contributed by atoms with E-state index in [-0.39, 0.29) is 37.0 Å². The molecule has 0 N–H and O–H groups in total. The van der Waals surface area contributed by atoms with Crippen LogP contribution in [-0.2, 0) is 25.0 Å². The third kappa shape index (κ3) is 4.92. The molecule has 180 valence electrons. The lowest BCUT2D eigenvalue weighted by molar-refractivity contribution is 0.0694. The number of carbonyl (C=O) groups is 1. The Morgan fingerprint density at radius 1 is 0.875 bits per heavy atom. The van der Waals surface area contributed by atoms with Crippen LogP contribution in [0, 0.1) is 0 Å². The van der Waals surface area contributed by atoms with Crippen molar-refractivity contribution in [2.45, 2.75) is 4.90 Å². The molecule has 0 unspecified atom stereocenters. The van der Waals surface area contributed by atoms with E-state index >= 15 is 0 Å². The molecule has 11 nitrogen and oxygen atoms in total. The largest absolute Gasteiger partial charge is 0.378 e. The first kappa shape index (κ1) is 24.9. The molecule has 3 rings (SSSR count). The van der Waals surface area contributed by atoms with Gasteiger partial charge in [0.1, 0.15) is 0 Å². The van der Waals surface area contributed by atoms with Gasteiger partial charge in [0.15, 0.2) is 0 Å². The van der Waals surface area contributed by atoms with E-state index in [1.54, 1.807) is 11.0 Å². The van der Waals surface area contributed by atoms with Gasteiger partial charge in [0.25, 0.3) is 16.1 Å². The molecule has 1 amide bonds. The number of morpholine rings is 1. The molecular formula is C19H31N5O6S2. The fourth-order valence-corrected chi connectivity index (χ4v) is 5.68. The summed E-state index contributed by atoms with van der Waals surface area (Å²) in [5, 5.41) is 0. The van der Waals surface area contributed by atoms with Crippen LogP contribution in [0.5, 0.6) is 0 Å². The molecule has 0 spiro atoms. The second-order valence-corrected chi connectivity index (χ2v) is 12.3. The Morgan fingerprint density at radius 3 is 2.00 bits per heavy atom. The van der Waals surface area contributed by atoms with Gasteiger partial charge < -0.3 is 14.5 Å². The molecule has 32 heavy (non-hydrogen) atoms. The minimum atomic E-state index is -3.72. The van der Waals surface area contributed by atoms with Gasteiger partial charge in [-0.25, -0.2) is 12.7 Å². The molecule has 2 heterocycles. The molecular weight excluding hydrogens is 458 g/mol. The van der Waals surface area contributed by atoms with Crippen LogP contribution in [0.1, 0.15) is 10.4 Å². The Balaban J connectivity index is 1.91. The summed E-state index contributed by atoms with van der Waals surface area (Å²) in [5.74, 6) is -0.316. The molecule has 2 aliphatic rings. The number of sulfonamides is 1. The van der Waals surface area contributed by atoms with E-state index < -0.39 is 20.2 Å². The summed E-state index contributed by atoms with van der Waals surface area (Å²) in [6, 6.07) is 4.60. The van der Waals surface area contributed by atoms with Gasteiger partial charge in [0.2, 0.25) is 10.0 Å². The number of anilines is 1. The molecule has 0 radical (unpaired) electrons. The first-order valence-corrected chi connectivity index (χ1v) is 13.2. The van der Waals surface area contributed by atoms with E-state index in [0.717, 1.165) is 8.61 Å². The summed E-state index contributed by atoms with van der Waals surface area (Å²) in [6.45, 7) is 3.02. The Labute approximate surface area is 190 Å². The van der Waals surface area contributed by atoms with Crippen LogP contribution in [0.3, 0.4) is 0 Å². The van der Waals surface area contributed by atoms with E-state index in [0.29, 0.717) is 37.6 Å². The zero-order valence-corrected chi connectivity index (χ0v) is 20.5. The van der Waals surface area contributed by atoms with Gasteiger partial charge in [-0.3, -0.25) is 4.79 Å². The lowest BCUT2D eigenvalue weighted by atomic mass is 10.1. The predicted octanol–water partition coefficient (Wildman–Crippen LogP) is -0.662. The number of benzene rings is 1. The molecule has 0 aromatic heterocycles. The highest BCUT2D eigenvalue weighted by Gasteiger charge is 2.32. The van der Waals surface area contributed by atoms with Gasteiger partial charge in [0.05, 0.1) is 23.7 Å². The number of hydrogen-bond donors (Lipinski definition) is 0. The number of amides is 1. The number of hydrogen-bond acceptors (Lipinski definition) is 7. The maximum atomic E-state index is 13.5. The van der Waals surface area contributed by atoms with Crippen molar-refractivity contribution in [1.29, 1.82) is 0 Å². The van der Waals surface area contributed by atoms with E-state index in [1.807, 2.05) is 4.90 Å². The molecule has 2 aliphatic heterocycles. The van der Waals surface area contributed by atoms with Crippen LogP contribution in [0.4, 0.5) is 5.69 Å². The molecule has 0 saturated carbocycles. The van der Waals surface area contributed by atoms with Crippen molar-refractivity contribution in [3.8, 4) is 0 Å². The van der Waals surface area contributed by atoms with Crippen molar-refractivity contribution in [2.75, 3.05) is 85.6 Å². The van der Waals surface area contributed by atoms with E-state index in [1.165, 1.54) is 44.6 Å². The fraction of sp³-hybridized carbons (Fsp3) is 0.632. The number of rotatable bonds is 6. The molecule has 2 fully saturated rings. The van der Waals surface area contributed by atoms with Gasteiger partial charge in [-0.05, 0) is 18.2 Å². The first-order chi connectivity index (χ1) is 15.0. The molecule has 0 aliphatic carbocycles. The van der Waals surface area contributed by atoms with Gasteiger partial charge in [-0.1, -0.05) is 0 Å². The van der Waals surface area contributed by atoms with Crippen LogP contribution in [0.2, 0.25) is 0 Å². The topological polar surface area (TPSA) is 111 Å². The average molecular weight is 490 g/mol. The number of carbonyl (C=O) groups excluding carboxylic acids is 1. The highest BCUT2D eigenvalue weighted by Crippen LogP contribution is 2.28. The maximum absolute atomic E-state index is 13.5. The Bertz CT molecular complexity index is 1040. The quantitative estimate of drug-likeness (QED) is 0.522. The van der Waals surface area contributed by atoms with Crippen LogP contribution in [-0.4, -0.2) is 121 Å². The van der Waals surface area contributed by atoms with E-state index in [4.69, 9.17) is 4.74 Å². The molecule has 1 aromatic rings. The summed E-state index contributed by atoms with van der Waals surface area (Å²) >= 11 is 0. The minimum Gasteiger partial charge on any atom is -0.378 e. The fourth-order valence-electron chi connectivity index (χ4n) is 3.66. The van der Waals surface area contributed by atoms with Gasteiger partial charge in [-0.15, -0.1) is 0 Å². The maximum Gasteiger partial charge on any atom is 0.281 e. The summed E-state index contributed by atoms with van der Waals surface area (Å²) in [7, 11) is -1.45. The number of ether oxygens (including phenoxy) is 1. The Morgan fingerprint density at radius 2 is 1.47 bits per heavy atom. The van der Waals surface area contributed by atoms with Crippen molar-refractivity contribution in [3.63, 3.8) is 0 Å². The molecule has 0 bridgehead atoms. The predicted molar refractivity (Wildman–Crippen MR) is 120 cm³/mol. The van der Waals surface area contributed by atoms with Gasteiger partial charge in [0, 0.05) is 73.1 Å². The minimum absolute atomic E-state index is 0.0386. The van der Waals surface area contributed by atoms with Crippen molar-refractivity contribution >= 4 is 31.8 Å². The van der Waals surface area contributed by atoms with Crippen molar-refractivity contribution in [1.82, 2.24) is 17.8 Å². The standard InChI is InChI=1S/C19H31N5O6S2/c1-20(2)31(26,27)16-5-6-18(22-11-13-30-14-12-22)17(15-16)19(25)23-7-9-24(10-8-23)32(28,29)21(3)4/h5-6,15H,7-14H2,1-4H3. The van der Waals surface area contributed by atoms with E-state index in [2.05, 4.69) is 0 Å². The van der Waals surface area contributed by atoms with Gasteiger partial charge >= 0.3 is 0 Å². The zero-order valence-electron chi connectivity index (χ0n) is 18.9. The average Bonchev–Trinajstić information content (AvgIpc) is 2.78. The highest BCUT2D eigenvalue weighted by molar-refractivity contribution is 7.89. The third-order valence-corrected chi connectivity index (χ3v) is 9.39. The number of piperazine rings is 1. The van der Waals surface area contributed by atoms with E-state index in [9.17, 15) is 21.6 Å². The molecule has 13 heteroatoms. The van der Waals surface area contributed by atoms with Crippen LogP contribution < -0.4 is 4.90 Å². The normalized spacial score (nSPS) is 19.1. The Kier molecular flexibility index (Phi) is 7.47. The van der Waals surface area contributed by atoms with Crippen molar-refractivity contribution in [3.05, 3.63) is 23.8 Å². The van der Waals surface area contributed by atoms with Crippen molar-refractivity contribution < 1.29 is 26.4 Å². The summed E-state index contributed by atoms with van der Waals surface area (Å²) in [6.07, 6.45) is 0. The van der Waals surface area contributed by atoms with Crippen molar-refractivity contribution in [2.24, 2.45) is 0 Å². The SMILES string of the molecule is CN(C)S(=O)(=O)c1ccc(N2CCOCC2)c(C(=O)N2CCN(S(=O)(=O)N(C)C)CC2)c1. The molecule has 0 atom stereocenters. The summed E-state index contributed by atoms with van der Waals surface area (Å²) in [5.41, 5.74) is 0.943. The van der Waals surface area contributed by atoms with Crippen LogP contribution >= 0.6 is 0 Å². The smallest absolute Gasteiger partial charge is 0.281 e. The lowest BCUT2D eigenvalue weighted by Crippen LogP contribution is -2.53. The molecule has 2 saturated heterocycles. The number of nitrogens with zero attached hydrogens (tertiary/aromatic N) is 5. The molecule has 1 aromatic carbocycles. The lowest BCUT2D eigenvalue weighted by Gasteiger charge is -2.36. The van der Waals surface area contributed by atoms with Crippen LogP contribution in [0.25, 0.3) is 0 Å².